The van der Waals surface area contributed by atoms with Crippen LogP contribution in [0.3, 0.4) is 0 Å². The maximum Gasteiger partial charge on any atom is 0.161 e. The quantitative estimate of drug-likeness (QED) is 0.902. The molecule has 0 saturated heterocycles. The number of hydrogen-bond acceptors (Lipinski definition) is 5. The maximum absolute atomic E-state index is 9.75. The van der Waals surface area contributed by atoms with Crippen LogP contribution in [-0.4, -0.2) is 21.7 Å². The number of ether oxygens (including phenoxy) is 1. The smallest absolute Gasteiger partial charge is 0.161 e. The fourth-order valence-electron chi connectivity index (χ4n) is 2.37. The third kappa shape index (κ3) is 3.07. The molecule has 0 aliphatic rings. The summed E-state index contributed by atoms with van der Waals surface area (Å²) in [4.78, 5) is 8.91. The summed E-state index contributed by atoms with van der Waals surface area (Å²) >= 11 is 0. The second kappa shape index (κ2) is 5.99. The monoisotopic (exact) mass is 287 g/mol. The molecule has 112 valence electrons. The molecular formula is C16H21N3O2. The van der Waals surface area contributed by atoms with Gasteiger partial charge in [-0.15, -0.1) is 0 Å². The SMILES string of the molecule is CCOc1cc(-c2nc(C)c(C(C)C)c(N)n2)ccc1O. The molecule has 0 atom stereocenters. The number of nitrogens with zero attached hydrogens (tertiary/aromatic N) is 2. The van der Waals surface area contributed by atoms with Crippen LogP contribution < -0.4 is 10.5 Å². The van der Waals surface area contributed by atoms with Gasteiger partial charge in [-0.05, 0) is 38.0 Å². The number of nitrogens with two attached hydrogens (primary N) is 1. The molecule has 1 aromatic heterocycles. The third-order valence-corrected chi connectivity index (χ3v) is 3.26. The van der Waals surface area contributed by atoms with Crippen molar-refractivity contribution in [2.75, 3.05) is 12.3 Å². The van der Waals surface area contributed by atoms with E-state index in [1.165, 1.54) is 0 Å². The van der Waals surface area contributed by atoms with E-state index >= 15 is 0 Å². The predicted octanol–water partition coefficient (Wildman–Crippen LogP) is 3.26. The number of aryl methyl sites for hydroxylation is 1. The summed E-state index contributed by atoms with van der Waals surface area (Å²) in [5.41, 5.74) is 8.67. The number of aromatic nitrogens is 2. The molecular weight excluding hydrogens is 266 g/mol. The first-order valence-electron chi connectivity index (χ1n) is 7.04. The van der Waals surface area contributed by atoms with Crippen molar-refractivity contribution in [1.29, 1.82) is 0 Å². The van der Waals surface area contributed by atoms with Gasteiger partial charge in [0.1, 0.15) is 5.82 Å². The number of phenols is 1. The molecule has 0 fully saturated rings. The van der Waals surface area contributed by atoms with Crippen molar-refractivity contribution in [3.8, 4) is 22.9 Å². The van der Waals surface area contributed by atoms with Gasteiger partial charge in [0.25, 0.3) is 0 Å². The number of nitrogen functional groups attached to an aromatic ring is 1. The normalized spacial score (nSPS) is 10.9. The third-order valence-electron chi connectivity index (χ3n) is 3.26. The fourth-order valence-corrected chi connectivity index (χ4v) is 2.37. The topological polar surface area (TPSA) is 81.3 Å². The van der Waals surface area contributed by atoms with Gasteiger partial charge in [-0.2, -0.15) is 0 Å². The molecule has 5 nitrogen and oxygen atoms in total. The molecule has 0 amide bonds. The Balaban J connectivity index is 2.50. The Hall–Kier alpha value is -2.30. The van der Waals surface area contributed by atoms with Crippen LogP contribution in [0, 0.1) is 6.92 Å². The van der Waals surface area contributed by atoms with E-state index in [2.05, 4.69) is 23.8 Å². The van der Waals surface area contributed by atoms with Crippen molar-refractivity contribution in [2.24, 2.45) is 0 Å². The minimum absolute atomic E-state index is 0.101. The minimum Gasteiger partial charge on any atom is -0.504 e. The summed E-state index contributed by atoms with van der Waals surface area (Å²) in [5.74, 6) is 1.83. The van der Waals surface area contributed by atoms with Gasteiger partial charge < -0.3 is 15.6 Å². The number of anilines is 1. The van der Waals surface area contributed by atoms with E-state index in [-0.39, 0.29) is 11.7 Å². The van der Waals surface area contributed by atoms with Gasteiger partial charge in [0, 0.05) is 16.8 Å². The van der Waals surface area contributed by atoms with Crippen LogP contribution in [0.25, 0.3) is 11.4 Å². The lowest BCUT2D eigenvalue weighted by Crippen LogP contribution is -2.06. The highest BCUT2D eigenvalue weighted by atomic mass is 16.5. The van der Waals surface area contributed by atoms with Crippen LogP contribution in [0.4, 0.5) is 5.82 Å². The molecule has 0 saturated carbocycles. The van der Waals surface area contributed by atoms with E-state index < -0.39 is 0 Å². The number of aromatic hydroxyl groups is 1. The van der Waals surface area contributed by atoms with Crippen LogP contribution in [0.1, 0.15) is 37.9 Å². The average Bonchev–Trinajstić information content (AvgIpc) is 2.40. The first kappa shape index (κ1) is 15.1. The molecule has 0 radical (unpaired) electrons. The highest BCUT2D eigenvalue weighted by Crippen LogP contribution is 2.32. The molecule has 0 spiro atoms. The largest absolute Gasteiger partial charge is 0.504 e. The standard InChI is InChI=1S/C16H21N3O2/c1-5-21-13-8-11(6-7-12(13)20)16-18-10(4)14(9(2)3)15(17)19-16/h6-9,20H,5H2,1-4H3,(H2,17,18,19). The molecule has 1 heterocycles. The van der Waals surface area contributed by atoms with E-state index in [1.807, 2.05) is 13.8 Å². The zero-order valence-corrected chi connectivity index (χ0v) is 12.8. The van der Waals surface area contributed by atoms with Crippen LogP contribution in [0.2, 0.25) is 0 Å². The Morgan fingerprint density at radius 2 is 2.00 bits per heavy atom. The Bertz CT molecular complexity index is 631. The Labute approximate surface area is 124 Å². The highest BCUT2D eigenvalue weighted by Gasteiger charge is 2.14. The molecule has 2 rings (SSSR count). The molecule has 2 aromatic rings. The lowest BCUT2D eigenvalue weighted by molar-refractivity contribution is 0.318. The number of hydrogen-bond donors (Lipinski definition) is 2. The van der Waals surface area contributed by atoms with Gasteiger partial charge in [0.05, 0.1) is 6.61 Å². The second-order valence-corrected chi connectivity index (χ2v) is 5.20. The Morgan fingerprint density at radius 1 is 1.29 bits per heavy atom. The summed E-state index contributed by atoms with van der Waals surface area (Å²) < 4.78 is 5.38. The molecule has 5 heteroatoms. The van der Waals surface area contributed by atoms with Gasteiger partial charge in [0.15, 0.2) is 17.3 Å². The molecule has 3 N–H and O–H groups in total. The van der Waals surface area contributed by atoms with Crippen LogP contribution in [0.15, 0.2) is 18.2 Å². The Morgan fingerprint density at radius 3 is 2.57 bits per heavy atom. The van der Waals surface area contributed by atoms with Crippen molar-refractivity contribution < 1.29 is 9.84 Å². The van der Waals surface area contributed by atoms with Crippen molar-refractivity contribution in [3.63, 3.8) is 0 Å². The fraction of sp³-hybridized carbons (Fsp3) is 0.375. The summed E-state index contributed by atoms with van der Waals surface area (Å²) in [6, 6.07) is 5.05. The lowest BCUT2D eigenvalue weighted by Gasteiger charge is -2.14. The van der Waals surface area contributed by atoms with Crippen molar-refractivity contribution >= 4 is 5.82 Å². The number of rotatable bonds is 4. The van der Waals surface area contributed by atoms with Crippen LogP contribution >= 0.6 is 0 Å². The Kier molecular flexibility index (Phi) is 4.31. The number of phenolic OH excluding ortho intramolecular Hbond substituents is 1. The molecule has 1 aromatic carbocycles. The lowest BCUT2D eigenvalue weighted by atomic mass is 10.0. The van der Waals surface area contributed by atoms with Gasteiger partial charge in [-0.1, -0.05) is 13.8 Å². The molecule has 0 bridgehead atoms. The average molecular weight is 287 g/mol. The summed E-state index contributed by atoms with van der Waals surface area (Å²) in [6.07, 6.45) is 0. The van der Waals surface area contributed by atoms with Crippen molar-refractivity contribution in [1.82, 2.24) is 9.97 Å². The van der Waals surface area contributed by atoms with E-state index in [4.69, 9.17) is 10.5 Å². The van der Waals surface area contributed by atoms with E-state index in [0.717, 1.165) is 16.8 Å². The van der Waals surface area contributed by atoms with Crippen molar-refractivity contribution in [2.45, 2.75) is 33.6 Å². The minimum atomic E-state index is 0.101. The molecule has 0 aliphatic carbocycles. The molecule has 21 heavy (non-hydrogen) atoms. The molecule has 0 aliphatic heterocycles. The van der Waals surface area contributed by atoms with Crippen molar-refractivity contribution in [3.05, 3.63) is 29.5 Å². The summed E-state index contributed by atoms with van der Waals surface area (Å²) in [6.45, 7) is 8.40. The van der Waals surface area contributed by atoms with Gasteiger partial charge in [-0.25, -0.2) is 9.97 Å². The van der Waals surface area contributed by atoms with E-state index in [9.17, 15) is 5.11 Å². The predicted molar refractivity (Wildman–Crippen MR) is 83.5 cm³/mol. The first-order valence-corrected chi connectivity index (χ1v) is 7.04. The zero-order chi connectivity index (χ0) is 15.6. The van der Waals surface area contributed by atoms with Crippen LogP contribution in [0.5, 0.6) is 11.5 Å². The van der Waals surface area contributed by atoms with E-state index in [1.54, 1.807) is 18.2 Å². The number of benzene rings is 1. The molecule has 0 unspecified atom stereocenters. The summed E-state index contributed by atoms with van der Waals surface area (Å²) in [7, 11) is 0. The second-order valence-electron chi connectivity index (χ2n) is 5.20. The van der Waals surface area contributed by atoms with Gasteiger partial charge >= 0.3 is 0 Å². The zero-order valence-electron chi connectivity index (χ0n) is 12.8. The van der Waals surface area contributed by atoms with E-state index in [0.29, 0.717) is 24.0 Å². The van der Waals surface area contributed by atoms with Gasteiger partial charge in [-0.3, -0.25) is 0 Å². The highest BCUT2D eigenvalue weighted by molar-refractivity contribution is 5.63. The van der Waals surface area contributed by atoms with Crippen LogP contribution in [-0.2, 0) is 0 Å². The first-order chi connectivity index (χ1) is 9.93. The van der Waals surface area contributed by atoms with Gasteiger partial charge in [0.2, 0.25) is 0 Å². The maximum atomic E-state index is 9.75. The summed E-state index contributed by atoms with van der Waals surface area (Å²) in [5, 5.41) is 9.75.